The topological polar surface area (TPSA) is 70.5 Å². The number of likely N-dealkylation sites (tertiary alicyclic amines) is 1. The molecule has 3 rings (SSSR count). The van der Waals surface area contributed by atoms with Crippen LogP contribution in [0.3, 0.4) is 0 Å². The minimum Gasteiger partial charge on any atom is -0.481 e. The van der Waals surface area contributed by atoms with Crippen LogP contribution in [0.2, 0.25) is 0 Å². The molecule has 136 valence electrons. The Bertz CT molecular complexity index is 868. The van der Waals surface area contributed by atoms with Gasteiger partial charge in [0.2, 0.25) is 0 Å². The summed E-state index contributed by atoms with van der Waals surface area (Å²) in [5.41, 5.74) is 1.97. The number of benzene rings is 1. The number of aryl methyl sites for hydroxylation is 2. The summed E-state index contributed by atoms with van der Waals surface area (Å²) in [5, 5.41) is 10.0. The fraction of sp³-hybridized carbons (Fsp3) is 0.350. The number of carbonyl (C=O) groups excluding carboxylic acids is 1. The number of hydrogen-bond acceptors (Lipinski definition) is 4. The molecule has 1 aliphatic heterocycles. The van der Waals surface area contributed by atoms with Gasteiger partial charge in [-0.3, -0.25) is 9.59 Å². The number of hydrogen-bond donors (Lipinski definition) is 1. The van der Waals surface area contributed by atoms with Crippen molar-refractivity contribution in [2.75, 3.05) is 13.1 Å². The van der Waals surface area contributed by atoms with Crippen LogP contribution in [-0.4, -0.2) is 40.0 Å². The van der Waals surface area contributed by atoms with Crippen LogP contribution < -0.4 is 0 Å². The van der Waals surface area contributed by atoms with Gasteiger partial charge in [0.05, 0.1) is 11.0 Å². The molecular weight excluding hydrogens is 348 g/mol. The van der Waals surface area contributed by atoms with Crippen LogP contribution in [0.1, 0.15) is 34.8 Å². The Labute approximate surface area is 157 Å². The van der Waals surface area contributed by atoms with Gasteiger partial charge in [0.25, 0.3) is 5.91 Å². The van der Waals surface area contributed by atoms with Crippen molar-refractivity contribution >= 4 is 23.6 Å². The van der Waals surface area contributed by atoms with E-state index < -0.39 is 11.4 Å². The Morgan fingerprint density at radius 3 is 2.69 bits per heavy atom. The van der Waals surface area contributed by atoms with Gasteiger partial charge in [0.1, 0.15) is 5.03 Å². The number of pyridine rings is 1. The molecule has 0 aliphatic carbocycles. The average Bonchev–Trinajstić information content (AvgIpc) is 3.01. The molecule has 0 radical (unpaired) electrons. The number of amides is 1. The molecule has 6 heteroatoms. The van der Waals surface area contributed by atoms with E-state index >= 15 is 0 Å². The van der Waals surface area contributed by atoms with E-state index in [0.29, 0.717) is 23.6 Å². The van der Waals surface area contributed by atoms with Crippen molar-refractivity contribution in [1.29, 1.82) is 0 Å². The van der Waals surface area contributed by atoms with E-state index in [0.717, 1.165) is 10.5 Å². The summed E-state index contributed by atoms with van der Waals surface area (Å²) < 4.78 is 0. The average molecular weight is 370 g/mol. The zero-order chi connectivity index (χ0) is 18.9. The Morgan fingerprint density at radius 2 is 2.04 bits per heavy atom. The van der Waals surface area contributed by atoms with Crippen molar-refractivity contribution in [3.05, 3.63) is 53.2 Å². The van der Waals surface area contributed by atoms with Gasteiger partial charge in [-0.1, -0.05) is 29.5 Å². The number of carboxylic acid groups (broad SMARTS) is 1. The first kappa shape index (κ1) is 18.5. The normalized spacial score (nSPS) is 19.6. The Balaban J connectivity index is 1.85. The number of rotatable bonds is 4. The van der Waals surface area contributed by atoms with Gasteiger partial charge in [-0.25, -0.2) is 4.98 Å². The molecule has 0 bridgehead atoms. The molecule has 1 aromatic heterocycles. The molecule has 1 aliphatic rings. The van der Waals surface area contributed by atoms with E-state index in [1.807, 2.05) is 26.0 Å². The molecule has 1 N–H and O–H groups in total. The van der Waals surface area contributed by atoms with Gasteiger partial charge in [-0.05, 0) is 51.0 Å². The fourth-order valence-electron chi connectivity index (χ4n) is 3.13. The number of aromatic nitrogens is 1. The molecule has 0 spiro atoms. The summed E-state index contributed by atoms with van der Waals surface area (Å²) in [6, 6.07) is 9.68. The molecule has 1 amide bonds. The number of carboxylic acids is 1. The van der Waals surface area contributed by atoms with E-state index in [4.69, 9.17) is 0 Å². The number of aliphatic carboxylic acids is 1. The molecule has 5 nitrogen and oxygen atoms in total. The molecule has 1 aromatic carbocycles. The highest BCUT2D eigenvalue weighted by molar-refractivity contribution is 7.99. The highest BCUT2D eigenvalue weighted by Crippen LogP contribution is 2.35. The molecule has 2 aromatic rings. The highest BCUT2D eigenvalue weighted by Gasteiger charge is 2.42. The molecule has 26 heavy (non-hydrogen) atoms. The summed E-state index contributed by atoms with van der Waals surface area (Å²) >= 11 is 1.47. The van der Waals surface area contributed by atoms with E-state index in [-0.39, 0.29) is 12.5 Å². The summed E-state index contributed by atoms with van der Waals surface area (Å²) in [4.78, 5) is 31.5. The molecule has 0 saturated carbocycles. The highest BCUT2D eigenvalue weighted by atomic mass is 32.2. The summed E-state index contributed by atoms with van der Waals surface area (Å²) in [6.07, 6.45) is 2.14. The first-order valence-corrected chi connectivity index (χ1v) is 9.34. The van der Waals surface area contributed by atoms with Gasteiger partial charge in [0.15, 0.2) is 0 Å². The quantitative estimate of drug-likeness (QED) is 0.887. The van der Waals surface area contributed by atoms with Crippen LogP contribution in [0, 0.1) is 19.3 Å². The molecule has 2 heterocycles. The van der Waals surface area contributed by atoms with E-state index in [2.05, 4.69) is 11.1 Å². The molecule has 1 atom stereocenters. The van der Waals surface area contributed by atoms with E-state index in [1.54, 1.807) is 30.2 Å². The Hall–Kier alpha value is -2.34. The van der Waals surface area contributed by atoms with Crippen LogP contribution in [0.5, 0.6) is 0 Å². The minimum atomic E-state index is -0.876. The number of nitrogens with zero attached hydrogens (tertiary/aromatic N) is 2. The lowest BCUT2D eigenvalue weighted by Crippen LogP contribution is -2.35. The lowest BCUT2D eigenvalue weighted by atomic mass is 9.90. The van der Waals surface area contributed by atoms with E-state index in [9.17, 15) is 14.7 Å². The van der Waals surface area contributed by atoms with Crippen LogP contribution >= 0.6 is 11.8 Å². The first-order valence-electron chi connectivity index (χ1n) is 8.53. The Kier molecular flexibility index (Phi) is 5.05. The van der Waals surface area contributed by atoms with Crippen molar-refractivity contribution in [1.82, 2.24) is 9.88 Å². The predicted octanol–water partition coefficient (Wildman–Crippen LogP) is 3.79. The van der Waals surface area contributed by atoms with Crippen molar-refractivity contribution in [2.45, 2.75) is 37.1 Å². The third kappa shape index (κ3) is 3.60. The van der Waals surface area contributed by atoms with Gasteiger partial charge in [-0.15, -0.1) is 0 Å². The van der Waals surface area contributed by atoms with Gasteiger partial charge >= 0.3 is 5.97 Å². The van der Waals surface area contributed by atoms with Crippen LogP contribution in [-0.2, 0) is 4.79 Å². The molecule has 1 unspecified atom stereocenters. The van der Waals surface area contributed by atoms with Crippen molar-refractivity contribution < 1.29 is 14.7 Å². The Morgan fingerprint density at radius 1 is 1.27 bits per heavy atom. The monoisotopic (exact) mass is 370 g/mol. The standard InChI is InChI=1S/C20H22N2O3S/c1-13-6-7-16(14(2)11-13)26-17-15(5-4-9-21-17)18(23)22-10-8-20(3,12-22)19(24)25/h4-7,9,11H,8,10,12H2,1-3H3,(H,24,25). The zero-order valence-electron chi connectivity index (χ0n) is 15.2. The maximum absolute atomic E-state index is 13.0. The molecular formula is C20H22N2O3S. The van der Waals surface area contributed by atoms with Crippen LogP contribution in [0.15, 0.2) is 46.5 Å². The second-order valence-corrected chi connectivity index (χ2v) is 8.10. The third-order valence-corrected chi connectivity index (χ3v) is 6.01. The largest absolute Gasteiger partial charge is 0.481 e. The third-order valence-electron chi connectivity index (χ3n) is 4.82. The summed E-state index contributed by atoms with van der Waals surface area (Å²) in [7, 11) is 0. The summed E-state index contributed by atoms with van der Waals surface area (Å²) in [5.74, 6) is -1.01. The van der Waals surface area contributed by atoms with Gasteiger partial charge in [0, 0.05) is 24.2 Å². The lowest BCUT2D eigenvalue weighted by molar-refractivity contribution is -0.147. The van der Waals surface area contributed by atoms with Gasteiger partial charge < -0.3 is 10.0 Å². The number of carbonyl (C=O) groups is 2. The maximum atomic E-state index is 13.0. The molecule has 1 saturated heterocycles. The van der Waals surface area contributed by atoms with Crippen molar-refractivity contribution in [3.63, 3.8) is 0 Å². The lowest BCUT2D eigenvalue weighted by Gasteiger charge is -2.21. The van der Waals surface area contributed by atoms with Gasteiger partial charge in [-0.2, -0.15) is 0 Å². The smallest absolute Gasteiger partial charge is 0.311 e. The SMILES string of the molecule is Cc1ccc(Sc2ncccc2C(=O)N2CCC(C)(C(=O)O)C2)c(C)c1. The second-order valence-electron chi connectivity index (χ2n) is 7.07. The van der Waals surface area contributed by atoms with Crippen molar-refractivity contribution in [3.8, 4) is 0 Å². The predicted molar refractivity (Wildman–Crippen MR) is 101 cm³/mol. The fourth-order valence-corrected chi connectivity index (χ4v) is 4.08. The van der Waals surface area contributed by atoms with E-state index in [1.165, 1.54) is 17.3 Å². The second kappa shape index (κ2) is 7.11. The maximum Gasteiger partial charge on any atom is 0.311 e. The summed E-state index contributed by atoms with van der Waals surface area (Å²) in [6.45, 7) is 6.45. The minimum absolute atomic E-state index is 0.157. The van der Waals surface area contributed by atoms with Crippen molar-refractivity contribution in [2.24, 2.45) is 5.41 Å². The zero-order valence-corrected chi connectivity index (χ0v) is 16.0. The first-order chi connectivity index (χ1) is 12.3. The molecule has 1 fully saturated rings. The van der Waals surface area contributed by atoms with Crippen LogP contribution in [0.4, 0.5) is 0 Å². The van der Waals surface area contributed by atoms with Crippen LogP contribution in [0.25, 0.3) is 0 Å².